The molecular formula is C19H25N5O3S. The minimum absolute atomic E-state index is 0.0125. The van der Waals surface area contributed by atoms with Crippen LogP contribution in [0.15, 0.2) is 35.5 Å². The van der Waals surface area contributed by atoms with Crippen LogP contribution in [0, 0.1) is 5.92 Å². The van der Waals surface area contributed by atoms with E-state index < -0.39 is 10.0 Å². The molecule has 0 atom stereocenters. The van der Waals surface area contributed by atoms with Crippen LogP contribution in [0.1, 0.15) is 32.6 Å². The van der Waals surface area contributed by atoms with Gasteiger partial charge in [0.2, 0.25) is 15.9 Å². The third kappa shape index (κ3) is 4.66. The fraction of sp³-hybridized carbons (Fsp3) is 0.421. The molecule has 3 N–H and O–H groups in total. The fourth-order valence-corrected chi connectivity index (χ4v) is 4.20. The summed E-state index contributed by atoms with van der Waals surface area (Å²) >= 11 is 0. The zero-order chi connectivity index (χ0) is 20.3. The summed E-state index contributed by atoms with van der Waals surface area (Å²) in [5, 5.41) is 2.73. The summed E-state index contributed by atoms with van der Waals surface area (Å²) in [6.45, 7) is 2.40. The van der Waals surface area contributed by atoms with Crippen molar-refractivity contribution in [2.45, 2.75) is 37.5 Å². The number of nitrogens with one attached hydrogen (secondary N) is 1. The Labute approximate surface area is 165 Å². The number of hydrogen-bond donors (Lipinski definition) is 2. The summed E-state index contributed by atoms with van der Waals surface area (Å²) in [6, 6.07) is 4.94. The van der Waals surface area contributed by atoms with E-state index in [1.807, 2.05) is 6.92 Å². The fourth-order valence-electron chi connectivity index (χ4n) is 2.86. The van der Waals surface area contributed by atoms with E-state index in [1.54, 1.807) is 25.4 Å². The number of rotatable bonds is 8. The normalized spacial score (nSPS) is 14.2. The average molecular weight is 404 g/mol. The third-order valence-electron chi connectivity index (χ3n) is 4.62. The summed E-state index contributed by atoms with van der Waals surface area (Å²) < 4.78 is 27.2. The minimum atomic E-state index is -3.73. The Morgan fingerprint density at radius 2 is 2.04 bits per heavy atom. The van der Waals surface area contributed by atoms with E-state index in [2.05, 4.69) is 15.3 Å². The third-order valence-corrected chi connectivity index (χ3v) is 6.47. The number of pyridine rings is 2. The van der Waals surface area contributed by atoms with Crippen molar-refractivity contribution in [2.75, 3.05) is 24.6 Å². The topological polar surface area (TPSA) is 118 Å². The van der Waals surface area contributed by atoms with E-state index >= 15 is 0 Å². The highest BCUT2D eigenvalue weighted by Gasteiger charge is 2.30. The van der Waals surface area contributed by atoms with Crippen LogP contribution >= 0.6 is 0 Å². The second-order valence-corrected chi connectivity index (χ2v) is 9.08. The lowest BCUT2D eigenvalue weighted by Gasteiger charge is -2.18. The van der Waals surface area contributed by atoms with Gasteiger partial charge in [0.1, 0.15) is 16.5 Å². The van der Waals surface area contributed by atoms with Crippen LogP contribution in [0.25, 0.3) is 11.1 Å². The molecule has 1 fully saturated rings. The molecule has 0 aromatic carbocycles. The molecule has 0 bridgehead atoms. The first kappa shape index (κ1) is 20.2. The molecule has 150 valence electrons. The maximum atomic E-state index is 12.9. The summed E-state index contributed by atoms with van der Waals surface area (Å²) in [5.41, 5.74) is 7.16. The van der Waals surface area contributed by atoms with Gasteiger partial charge >= 0.3 is 0 Å². The molecule has 1 aliphatic carbocycles. The van der Waals surface area contributed by atoms with Crippen molar-refractivity contribution in [3.63, 3.8) is 0 Å². The van der Waals surface area contributed by atoms with Gasteiger partial charge in [-0.05, 0) is 48.9 Å². The van der Waals surface area contributed by atoms with E-state index in [9.17, 15) is 13.2 Å². The van der Waals surface area contributed by atoms with Crippen molar-refractivity contribution in [2.24, 2.45) is 5.92 Å². The number of nitrogens with two attached hydrogens (primary N) is 1. The molecule has 0 unspecified atom stereocenters. The van der Waals surface area contributed by atoms with Crippen LogP contribution < -0.4 is 11.1 Å². The van der Waals surface area contributed by atoms with Crippen molar-refractivity contribution in [1.82, 2.24) is 14.3 Å². The molecule has 0 aliphatic heterocycles. The van der Waals surface area contributed by atoms with Crippen LogP contribution in [0.5, 0.6) is 0 Å². The molecule has 1 aliphatic rings. The van der Waals surface area contributed by atoms with Crippen LogP contribution in [0.2, 0.25) is 0 Å². The SMILES string of the molecule is CCCC(=O)Nc1cc(-c2cnc(N)c(S(=O)(=O)N(C)CC3CC3)c2)ccn1. The molecule has 28 heavy (non-hydrogen) atoms. The highest BCUT2D eigenvalue weighted by atomic mass is 32.2. The maximum absolute atomic E-state index is 12.9. The lowest BCUT2D eigenvalue weighted by molar-refractivity contribution is -0.116. The zero-order valence-electron chi connectivity index (χ0n) is 16.1. The number of aromatic nitrogens is 2. The molecule has 0 radical (unpaired) electrons. The summed E-state index contributed by atoms with van der Waals surface area (Å²) in [5.74, 6) is 0.680. The summed E-state index contributed by atoms with van der Waals surface area (Å²) in [4.78, 5) is 20.0. The van der Waals surface area contributed by atoms with Gasteiger partial charge in [-0.25, -0.2) is 22.7 Å². The second-order valence-electron chi connectivity index (χ2n) is 7.06. The van der Waals surface area contributed by atoms with Crippen molar-refractivity contribution in [3.05, 3.63) is 30.6 Å². The first-order valence-electron chi connectivity index (χ1n) is 9.29. The maximum Gasteiger partial charge on any atom is 0.246 e. The number of nitrogens with zero attached hydrogens (tertiary/aromatic N) is 3. The Kier molecular flexibility index (Phi) is 5.95. The van der Waals surface area contributed by atoms with Crippen molar-refractivity contribution < 1.29 is 13.2 Å². The Bertz CT molecular complexity index is 973. The number of anilines is 2. The molecule has 1 amide bonds. The lowest BCUT2D eigenvalue weighted by atomic mass is 10.1. The smallest absolute Gasteiger partial charge is 0.246 e. The Morgan fingerprint density at radius 3 is 2.71 bits per heavy atom. The van der Waals surface area contributed by atoms with Gasteiger partial charge in [-0.15, -0.1) is 0 Å². The van der Waals surface area contributed by atoms with E-state index in [0.29, 0.717) is 35.8 Å². The van der Waals surface area contributed by atoms with E-state index in [4.69, 9.17) is 5.73 Å². The number of carbonyl (C=O) groups is 1. The van der Waals surface area contributed by atoms with Crippen molar-refractivity contribution in [1.29, 1.82) is 0 Å². The highest BCUT2D eigenvalue weighted by Crippen LogP contribution is 2.32. The van der Waals surface area contributed by atoms with E-state index in [0.717, 1.165) is 19.3 Å². The van der Waals surface area contributed by atoms with Gasteiger partial charge in [0.25, 0.3) is 0 Å². The highest BCUT2D eigenvalue weighted by molar-refractivity contribution is 7.89. The van der Waals surface area contributed by atoms with Gasteiger partial charge in [0, 0.05) is 38.0 Å². The summed E-state index contributed by atoms with van der Waals surface area (Å²) in [7, 11) is -2.17. The molecular weight excluding hydrogens is 378 g/mol. The first-order valence-corrected chi connectivity index (χ1v) is 10.7. The van der Waals surface area contributed by atoms with Gasteiger partial charge in [-0.1, -0.05) is 6.92 Å². The van der Waals surface area contributed by atoms with Crippen LogP contribution in [0.4, 0.5) is 11.6 Å². The molecule has 8 nitrogen and oxygen atoms in total. The molecule has 2 heterocycles. The summed E-state index contributed by atoms with van der Waals surface area (Å²) in [6.07, 6.45) is 6.32. The largest absolute Gasteiger partial charge is 0.383 e. The molecule has 2 aromatic heterocycles. The van der Waals surface area contributed by atoms with Gasteiger partial charge in [-0.3, -0.25) is 4.79 Å². The van der Waals surface area contributed by atoms with Gasteiger partial charge < -0.3 is 11.1 Å². The quantitative estimate of drug-likeness (QED) is 0.699. The molecule has 3 rings (SSSR count). The van der Waals surface area contributed by atoms with E-state index in [1.165, 1.54) is 16.6 Å². The number of amides is 1. The number of nitrogen functional groups attached to an aromatic ring is 1. The number of sulfonamides is 1. The molecule has 1 saturated carbocycles. The second kappa shape index (κ2) is 8.24. The lowest BCUT2D eigenvalue weighted by Crippen LogP contribution is -2.29. The van der Waals surface area contributed by atoms with Crippen molar-refractivity contribution in [3.8, 4) is 11.1 Å². The van der Waals surface area contributed by atoms with Gasteiger partial charge in [0.15, 0.2) is 0 Å². The predicted octanol–water partition coefficient (Wildman–Crippen LogP) is 2.49. The van der Waals surface area contributed by atoms with Crippen LogP contribution in [-0.2, 0) is 14.8 Å². The number of hydrogen-bond acceptors (Lipinski definition) is 6. The first-order chi connectivity index (χ1) is 13.3. The van der Waals surface area contributed by atoms with Crippen LogP contribution in [0.3, 0.4) is 0 Å². The van der Waals surface area contributed by atoms with Crippen molar-refractivity contribution >= 4 is 27.6 Å². The Hall–Kier alpha value is -2.52. The average Bonchev–Trinajstić information content (AvgIpc) is 3.46. The van der Waals surface area contributed by atoms with Gasteiger partial charge in [-0.2, -0.15) is 0 Å². The molecule has 0 saturated heterocycles. The molecule has 0 spiro atoms. The standard InChI is InChI=1S/C19H25N5O3S/c1-3-4-18(25)23-17-10-14(7-8-21-17)15-9-16(19(20)22-11-15)28(26,27)24(2)12-13-5-6-13/h7-11,13H,3-6,12H2,1-2H3,(H2,20,22)(H,21,23,25). The Balaban J connectivity index is 1.90. The predicted molar refractivity (Wildman–Crippen MR) is 108 cm³/mol. The number of carbonyl (C=O) groups excluding carboxylic acids is 1. The molecule has 2 aromatic rings. The van der Waals surface area contributed by atoms with Gasteiger partial charge in [0.05, 0.1) is 0 Å². The molecule has 9 heteroatoms. The minimum Gasteiger partial charge on any atom is -0.383 e. The van der Waals surface area contributed by atoms with E-state index in [-0.39, 0.29) is 16.6 Å². The zero-order valence-corrected chi connectivity index (χ0v) is 16.9. The monoisotopic (exact) mass is 403 g/mol. The van der Waals surface area contributed by atoms with Crippen LogP contribution in [-0.4, -0.2) is 42.2 Å². The Morgan fingerprint density at radius 1 is 1.29 bits per heavy atom.